The molecule has 9 heteroatoms. The number of amides is 2. The molecular formula is C31H40N4O4S. The van der Waals surface area contributed by atoms with E-state index in [2.05, 4.69) is 5.32 Å². The number of rotatable bonds is 11. The van der Waals surface area contributed by atoms with E-state index < -0.39 is 34.2 Å². The molecule has 1 atom stereocenters. The molecule has 0 aromatic heterocycles. The zero-order valence-corrected chi connectivity index (χ0v) is 25.0. The van der Waals surface area contributed by atoms with Gasteiger partial charge in [0.1, 0.15) is 12.6 Å². The Kier molecular flexibility index (Phi) is 10.1. The van der Waals surface area contributed by atoms with E-state index in [1.54, 1.807) is 30.3 Å². The van der Waals surface area contributed by atoms with Gasteiger partial charge in [0.05, 0.1) is 5.69 Å². The Morgan fingerprint density at radius 2 is 1.43 bits per heavy atom. The molecule has 1 N–H and O–H groups in total. The summed E-state index contributed by atoms with van der Waals surface area (Å²) >= 11 is 0. The van der Waals surface area contributed by atoms with E-state index >= 15 is 0 Å². The Labute approximate surface area is 238 Å². The summed E-state index contributed by atoms with van der Waals surface area (Å²) in [7, 11) is -1.16. The fourth-order valence-corrected chi connectivity index (χ4v) is 5.38. The summed E-state index contributed by atoms with van der Waals surface area (Å²) in [6, 6.07) is 24.9. The fraction of sp³-hybridized carbons (Fsp3) is 0.355. The Morgan fingerprint density at radius 1 is 0.850 bits per heavy atom. The maximum Gasteiger partial charge on any atom is 0.304 e. The Bertz CT molecular complexity index is 1390. The van der Waals surface area contributed by atoms with E-state index in [9.17, 15) is 18.0 Å². The third-order valence-corrected chi connectivity index (χ3v) is 8.09. The van der Waals surface area contributed by atoms with Gasteiger partial charge in [-0.05, 0) is 51.0 Å². The molecule has 0 heterocycles. The number of hydrogen-bond acceptors (Lipinski definition) is 4. The molecule has 0 fully saturated rings. The second kappa shape index (κ2) is 13.1. The van der Waals surface area contributed by atoms with E-state index in [-0.39, 0.29) is 18.9 Å². The SMILES string of the molecule is Cc1cccc(CN(C(=O)CN(c2ccccc2)S(=O)(=O)N(C)C)[C@@H](Cc2ccccc2)C(=O)NC(C)(C)C)c1. The maximum atomic E-state index is 14.2. The molecule has 0 spiro atoms. The second-order valence-corrected chi connectivity index (χ2v) is 13.2. The zero-order chi connectivity index (χ0) is 29.5. The molecule has 0 aliphatic heterocycles. The van der Waals surface area contributed by atoms with Gasteiger partial charge in [0.25, 0.3) is 0 Å². The lowest BCUT2D eigenvalue weighted by molar-refractivity contribution is -0.140. The van der Waals surface area contributed by atoms with Crippen LogP contribution in [0.2, 0.25) is 0 Å². The summed E-state index contributed by atoms with van der Waals surface area (Å²) in [6.45, 7) is 7.29. The van der Waals surface area contributed by atoms with Crippen LogP contribution in [0.15, 0.2) is 84.9 Å². The zero-order valence-electron chi connectivity index (χ0n) is 24.2. The van der Waals surface area contributed by atoms with Gasteiger partial charge in [0.15, 0.2) is 0 Å². The van der Waals surface area contributed by atoms with Crippen molar-refractivity contribution in [1.29, 1.82) is 0 Å². The number of carbonyl (C=O) groups is 2. The van der Waals surface area contributed by atoms with Crippen LogP contribution >= 0.6 is 0 Å². The van der Waals surface area contributed by atoms with Gasteiger partial charge in [-0.1, -0.05) is 78.4 Å². The lowest BCUT2D eigenvalue weighted by atomic mass is 10.0. The van der Waals surface area contributed by atoms with Crippen molar-refractivity contribution in [2.75, 3.05) is 24.9 Å². The summed E-state index contributed by atoms with van der Waals surface area (Å²) in [4.78, 5) is 29.5. The Hall–Kier alpha value is -3.69. The Balaban J connectivity index is 2.10. The van der Waals surface area contributed by atoms with Gasteiger partial charge in [-0.25, -0.2) is 4.31 Å². The van der Waals surface area contributed by atoms with Crippen LogP contribution < -0.4 is 9.62 Å². The third-order valence-electron chi connectivity index (χ3n) is 6.27. The van der Waals surface area contributed by atoms with Gasteiger partial charge in [-0.2, -0.15) is 12.7 Å². The number of para-hydroxylation sites is 1. The van der Waals surface area contributed by atoms with Crippen molar-refractivity contribution in [2.45, 2.75) is 52.2 Å². The van der Waals surface area contributed by atoms with Gasteiger partial charge in [0.2, 0.25) is 11.8 Å². The molecule has 0 aliphatic rings. The standard InChI is InChI=1S/C31H40N4O4S/c1-24-14-13-17-26(20-24)22-34(28(30(37)32-31(2,3)4)21-25-15-9-7-10-16-25)29(36)23-35(40(38,39)33(5)6)27-18-11-8-12-19-27/h7-20,28H,21-23H2,1-6H3,(H,32,37)/t28-/m0/s1. The Morgan fingerprint density at radius 3 is 1.98 bits per heavy atom. The first-order valence-electron chi connectivity index (χ1n) is 13.2. The van der Waals surface area contributed by atoms with Gasteiger partial charge in [-0.15, -0.1) is 0 Å². The van der Waals surface area contributed by atoms with E-state index in [0.717, 1.165) is 25.3 Å². The van der Waals surface area contributed by atoms with Crippen molar-refractivity contribution >= 4 is 27.7 Å². The lowest BCUT2D eigenvalue weighted by Gasteiger charge is -2.35. The van der Waals surface area contributed by atoms with Gasteiger partial charge in [0, 0.05) is 32.6 Å². The minimum absolute atomic E-state index is 0.139. The highest BCUT2D eigenvalue weighted by Crippen LogP contribution is 2.22. The van der Waals surface area contributed by atoms with E-state index in [1.165, 1.54) is 19.0 Å². The normalized spacial score (nSPS) is 12.6. The molecule has 2 amide bonds. The number of nitrogens with one attached hydrogen (secondary N) is 1. The summed E-state index contributed by atoms with van der Waals surface area (Å²) in [5.41, 5.74) is 2.58. The highest BCUT2D eigenvalue weighted by atomic mass is 32.2. The minimum Gasteiger partial charge on any atom is -0.350 e. The van der Waals surface area contributed by atoms with Crippen molar-refractivity contribution in [3.63, 3.8) is 0 Å². The molecule has 0 radical (unpaired) electrons. The lowest BCUT2D eigenvalue weighted by Crippen LogP contribution is -2.56. The molecule has 0 saturated carbocycles. The average molecular weight is 565 g/mol. The van der Waals surface area contributed by atoms with Crippen LogP contribution in [0.3, 0.4) is 0 Å². The molecule has 8 nitrogen and oxygen atoms in total. The van der Waals surface area contributed by atoms with Crippen molar-refractivity contribution in [2.24, 2.45) is 0 Å². The minimum atomic E-state index is -4.02. The number of carbonyl (C=O) groups excluding carboxylic acids is 2. The predicted octanol–water partition coefficient (Wildman–Crippen LogP) is 4.16. The second-order valence-electron chi connectivity index (χ2n) is 11.1. The first kappa shape index (κ1) is 30.8. The predicted molar refractivity (Wildman–Crippen MR) is 160 cm³/mol. The molecule has 40 heavy (non-hydrogen) atoms. The molecule has 3 aromatic rings. The van der Waals surface area contributed by atoms with Gasteiger partial charge >= 0.3 is 10.2 Å². The first-order chi connectivity index (χ1) is 18.8. The molecule has 0 bridgehead atoms. The van der Waals surface area contributed by atoms with Crippen LogP contribution in [0.4, 0.5) is 5.69 Å². The van der Waals surface area contributed by atoms with Crippen LogP contribution in [-0.4, -0.2) is 61.7 Å². The highest BCUT2D eigenvalue weighted by molar-refractivity contribution is 7.90. The number of hydrogen-bond donors (Lipinski definition) is 1. The smallest absolute Gasteiger partial charge is 0.304 e. The monoisotopic (exact) mass is 564 g/mol. The molecule has 0 saturated heterocycles. The van der Waals surface area contributed by atoms with E-state index in [0.29, 0.717) is 5.69 Å². The topological polar surface area (TPSA) is 90.0 Å². The third kappa shape index (κ3) is 8.40. The molecule has 214 valence electrons. The van der Waals surface area contributed by atoms with Gasteiger partial charge < -0.3 is 10.2 Å². The molecule has 3 rings (SSSR count). The summed E-state index contributed by atoms with van der Waals surface area (Å²) in [6.07, 6.45) is 0.270. The molecule has 0 unspecified atom stereocenters. The number of benzene rings is 3. The largest absolute Gasteiger partial charge is 0.350 e. The van der Waals surface area contributed by atoms with Crippen molar-refractivity contribution in [3.05, 3.63) is 102 Å². The summed E-state index contributed by atoms with van der Waals surface area (Å²) in [5, 5.41) is 3.03. The number of aryl methyl sites for hydroxylation is 1. The first-order valence-corrected chi connectivity index (χ1v) is 14.6. The summed E-state index contributed by atoms with van der Waals surface area (Å²) in [5.74, 6) is -0.792. The maximum absolute atomic E-state index is 14.2. The average Bonchev–Trinajstić information content (AvgIpc) is 2.89. The van der Waals surface area contributed by atoms with Crippen molar-refractivity contribution < 1.29 is 18.0 Å². The van der Waals surface area contributed by atoms with E-state index in [1.807, 2.05) is 82.3 Å². The highest BCUT2D eigenvalue weighted by Gasteiger charge is 2.35. The van der Waals surface area contributed by atoms with Crippen molar-refractivity contribution in [1.82, 2.24) is 14.5 Å². The quantitative estimate of drug-likeness (QED) is 0.379. The molecule has 0 aliphatic carbocycles. The van der Waals surface area contributed by atoms with Gasteiger partial charge in [-0.3, -0.25) is 9.59 Å². The number of nitrogens with zero attached hydrogens (tertiary/aromatic N) is 3. The van der Waals surface area contributed by atoms with Crippen LogP contribution in [0.5, 0.6) is 0 Å². The molecule has 3 aromatic carbocycles. The molecular weight excluding hydrogens is 524 g/mol. The van der Waals surface area contributed by atoms with Crippen LogP contribution in [-0.2, 0) is 32.8 Å². The van der Waals surface area contributed by atoms with Crippen LogP contribution in [0.1, 0.15) is 37.5 Å². The summed E-state index contributed by atoms with van der Waals surface area (Å²) < 4.78 is 28.9. The van der Waals surface area contributed by atoms with Crippen LogP contribution in [0, 0.1) is 6.92 Å². The van der Waals surface area contributed by atoms with Crippen molar-refractivity contribution in [3.8, 4) is 0 Å². The fourth-order valence-electron chi connectivity index (χ4n) is 4.33. The van der Waals surface area contributed by atoms with Crippen LogP contribution in [0.25, 0.3) is 0 Å². The number of anilines is 1. The van der Waals surface area contributed by atoms with E-state index in [4.69, 9.17) is 0 Å².